The van der Waals surface area contributed by atoms with Crippen molar-refractivity contribution in [3.05, 3.63) is 70.2 Å². The van der Waals surface area contributed by atoms with E-state index in [1.165, 1.54) is 18.4 Å². The molecular formula is C28H31N3O4S. The number of carbonyl (C=O) groups excluding carboxylic acids is 3. The van der Waals surface area contributed by atoms with E-state index in [1.54, 1.807) is 12.3 Å². The number of likely N-dealkylation sites (tertiary alicyclic amines) is 1. The first-order chi connectivity index (χ1) is 17.4. The number of thiazole rings is 1. The van der Waals surface area contributed by atoms with Crippen molar-refractivity contribution in [3.8, 4) is 11.1 Å². The number of hydrogen-bond acceptors (Lipinski definition) is 6. The van der Waals surface area contributed by atoms with Crippen LogP contribution in [0.25, 0.3) is 11.1 Å². The number of anilines is 1. The summed E-state index contributed by atoms with van der Waals surface area (Å²) in [4.78, 5) is 43.7. The highest BCUT2D eigenvalue weighted by Crippen LogP contribution is 2.32. The lowest BCUT2D eigenvalue weighted by atomic mass is 9.96. The summed E-state index contributed by atoms with van der Waals surface area (Å²) >= 11 is 1.49. The van der Waals surface area contributed by atoms with Gasteiger partial charge in [-0.05, 0) is 37.5 Å². The van der Waals surface area contributed by atoms with Crippen molar-refractivity contribution in [1.29, 1.82) is 0 Å². The van der Waals surface area contributed by atoms with Gasteiger partial charge < -0.3 is 15.0 Å². The number of benzene rings is 2. The molecule has 1 atom stereocenters. The summed E-state index contributed by atoms with van der Waals surface area (Å²) in [6.45, 7) is 5.01. The highest BCUT2D eigenvalue weighted by Gasteiger charge is 2.29. The van der Waals surface area contributed by atoms with Crippen LogP contribution in [-0.2, 0) is 14.3 Å². The Morgan fingerprint density at radius 1 is 1.14 bits per heavy atom. The van der Waals surface area contributed by atoms with E-state index in [1.807, 2.05) is 54.3 Å². The molecule has 0 aliphatic carbocycles. The summed E-state index contributed by atoms with van der Waals surface area (Å²) in [6, 6.07) is 16.0. The number of methoxy groups -OCH3 is 1. The fourth-order valence-corrected chi connectivity index (χ4v) is 5.44. The van der Waals surface area contributed by atoms with Gasteiger partial charge in [0.15, 0.2) is 0 Å². The van der Waals surface area contributed by atoms with Crippen LogP contribution in [0.1, 0.15) is 53.2 Å². The monoisotopic (exact) mass is 505 g/mol. The van der Waals surface area contributed by atoms with Gasteiger partial charge in [0.2, 0.25) is 5.91 Å². The Kier molecular flexibility index (Phi) is 8.15. The summed E-state index contributed by atoms with van der Waals surface area (Å²) in [6.07, 6.45) is 1.65. The molecule has 1 fully saturated rings. The quantitative estimate of drug-likeness (QED) is 0.442. The number of esters is 1. The molecule has 0 unspecified atom stereocenters. The first-order valence-electron chi connectivity index (χ1n) is 12.1. The smallest absolute Gasteiger partial charge is 0.306 e. The van der Waals surface area contributed by atoms with E-state index >= 15 is 0 Å². The molecule has 7 nitrogen and oxygen atoms in total. The van der Waals surface area contributed by atoms with E-state index in [0.29, 0.717) is 18.8 Å². The average molecular weight is 506 g/mol. The number of aryl methyl sites for hydroxylation is 1. The van der Waals surface area contributed by atoms with Crippen LogP contribution in [0.3, 0.4) is 0 Å². The Hall–Kier alpha value is -3.52. The topological polar surface area (TPSA) is 88.6 Å². The Morgan fingerprint density at radius 2 is 1.86 bits per heavy atom. The third-order valence-corrected chi connectivity index (χ3v) is 7.55. The molecule has 1 aliphatic rings. The fraction of sp³-hybridized carbons (Fsp3) is 0.357. The van der Waals surface area contributed by atoms with Crippen LogP contribution >= 0.6 is 11.3 Å². The number of carbonyl (C=O) groups is 3. The van der Waals surface area contributed by atoms with Gasteiger partial charge in [0.25, 0.3) is 5.91 Å². The molecule has 36 heavy (non-hydrogen) atoms. The largest absolute Gasteiger partial charge is 0.469 e. The lowest BCUT2D eigenvalue weighted by Gasteiger charge is -2.32. The Labute approximate surface area is 215 Å². The molecule has 3 aromatic rings. The SMILES string of the molecule is COC(=O)C[C@@H](C)C(=O)N1CCC(c2nc(C(=O)Nc3ccc(C)cc3-c3ccccc3)cs2)CC1. The van der Waals surface area contributed by atoms with Gasteiger partial charge in [-0.3, -0.25) is 14.4 Å². The second-order valence-electron chi connectivity index (χ2n) is 9.22. The van der Waals surface area contributed by atoms with E-state index in [0.717, 1.165) is 40.2 Å². The molecule has 4 rings (SSSR count). The third-order valence-electron chi connectivity index (χ3n) is 6.54. The second-order valence-corrected chi connectivity index (χ2v) is 10.1. The minimum Gasteiger partial charge on any atom is -0.469 e. The normalized spacial score (nSPS) is 14.8. The van der Waals surface area contributed by atoms with Crippen molar-refractivity contribution in [2.75, 3.05) is 25.5 Å². The Morgan fingerprint density at radius 3 is 2.56 bits per heavy atom. The molecule has 2 heterocycles. The lowest BCUT2D eigenvalue weighted by molar-refractivity contribution is -0.146. The molecule has 188 valence electrons. The molecule has 1 aliphatic heterocycles. The molecule has 1 saturated heterocycles. The molecule has 1 aromatic heterocycles. The van der Waals surface area contributed by atoms with E-state index in [4.69, 9.17) is 0 Å². The molecule has 0 saturated carbocycles. The predicted molar refractivity (Wildman–Crippen MR) is 141 cm³/mol. The van der Waals surface area contributed by atoms with Crippen LogP contribution in [-0.4, -0.2) is 47.9 Å². The van der Waals surface area contributed by atoms with E-state index in [9.17, 15) is 14.4 Å². The zero-order valence-corrected chi connectivity index (χ0v) is 21.6. The second kappa shape index (κ2) is 11.5. The zero-order chi connectivity index (χ0) is 25.7. The molecule has 0 radical (unpaired) electrons. The molecule has 8 heteroatoms. The molecule has 2 amide bonds. The summed E-state index contributed by atoms with van der Waals surface area (Å²) in [5, 5.41) is 5.76. The van der Waals surface area contributed by atoms with Gasteiger partial charge in [-0.25, -0.2) is 4.98 Å². The van der Waals surface area contributed by atoms with Crippen molar-refractivity contribution in [3.63, 3.8) is 0 Å². The van der Waals surface area contributed by atoms with Gasteiger partial charge in [-0.15, -0.1) is 11.3 Å². The number of piperidine rings is 1. The molecule has 0 spiro atoms. The summed E-state index contributed by atoms with van der Waals surface area (Å²) in [7, 11) is 1.33. The zero-order valence-electron chi connectivity index (χ0n) is 20.8. The predicted octanol–water partition coefficient (Wildman–Crippen LogP) is 5.28. The lowest BCUT2D eigenvalue weighted by Crippen LogP contribution is -2.41. The van der Waals surface area contributed by atoms with Crippen molar-refractivity contribution in [2.24, 2.45) is 5.92 Å². The van der Waals surface area contributed by atoms with Crippen molar-refractivity contribution >= 4 is 34.8 Å². The van der Waals surface area contributed by atoms with Gasteiger partial charge in [-0.2, -0.15) is 0 Å². The van der Waals surface area contributed by atoms with Gasteiger partial charge in [0.1, 0.15) is 5.69 Å². The number of aromatic nitrogens is 1. The van der Waals surface area contributed by atoms with Crippen molar-refractivity contribution in [1.82, 2.24) is 9.88 Å². The van der Waals surface area contributed by atoms with Crippen LogP contribution in [0.5, 0.6) is 0 Å². The molecule has 1 N–H and O–H groups in total. The van der Waals surface area contributed by atoms with Crippen LogP contribution < -0.4 is 5.32 Å². The molecule has 0 bridgehead atoms. The summed E-state index contributed by atoms with van der Waals surface area (Å²) < 4.78 is 4.68. The average Bonchev–Trinajstić information content (AvgIpc) is 3.40. The van der Waals surface area contributed by atoms with E-state index in [2.05, 4.69) is 21.1 Å². The summed E-state index contributed by atoms with van der Waals surface area (Å²) in [5.74, 6) is -0.823. The van der Waals surface area contributed by atoms with Gasteiger partial charge in [0, 0.05) is 41.6 Å². The maximum Gasteiger partial charge on any atom is 0.306 e. The standard InChI is InChI=1S/C28H31N3O4S/c1-18-9-10-23(22(15-18)20-7-5-4-6-8-20)29-26(33)24-17-36-27(30-24)21-11-13-31(14-12-21)28(34)19(2)16-25(32)35-3/h4-10,15,17,19,21H,11-14,16H2,1-3H3,(H,29,33)/t19-/m1/s1. The van der Waals surface area contributed by atoms with Crippen LogP contribution in [0, 0.1) is 12.8 Å². The van der Waals surface area contributed by atoms with E-state index in [-0.39, 0.29) is 30.1 Å². The van der Waals surface area contributed by atoms with Gasteiger partial charge in [-0.1, -0.05) is 48.9 Å². The van der Waals surface area contributed by atoms with Crippen molar-refractivity contribution < 1.29 is 19.1 Å². The minimum atomic E-state index is -0.397. The summed E-state index contributed by atoms with van der Waals surface area (Å²) in [5.41, 5.74) is 4.28. The van der Waals surface area contributed by atoms with Crippen LogP contribution in [0.2, 0.25) is 0 Å². The van der Waals surface area contributed by atoms with Crippen LogP contribution in [0.15, 0.2) is 53.9 Å². The Bertz CT molecular complexity index is 1230. The number of nitrogens with zero attached hydrogens (tertiary/aromatic N) is 2. The first-order valence-corrected chi connectivity index (χ1v) is 13.0. The number of amides is 2. The number of ether oxygens (including phenoxy) is 1. The fourth-order valence-electron chi connectivity index (χ4n) is 4.47. The molecular weight excluding hydrogens is 474 g/mol. The number of nitrogens with one attached hydrogen (secondary N) is 1. The molecule has 2 aromatic carbocycles. The van der Waals surface area contributed by atoms with Gasteiger partial charge in [0.05, 0.1) is 18.5 Å². The Balaban J connectivity index is 1.38. The minimum absolute atomic E-state index is 0.0228. The highest BCUT2D eigenvalue weighted by molar-refractivity contribution is 7.10. The highest BCUT2D eigenvalue weighted by atomic mass is 32.1. The van der Waals surface area contributed by atoms with E-state index < -0.39 is 5.92 Å². The first kappa shape index (κ1) is 25.6. The third kappa shape index (κ3) is 5.99. The van der Waals surface area contributed by atoms with Crippen molar-refractivity contribution in [2.45, 2.75) is 39.0 Å². The maximum absolute atomic E-state index is 13.1. The number of hydrogen-bond donors (Lipinski definition) is 1. The number of rotatable bonds is 7. The van der Waals surface area contributed by atoms with Gasteiger partial charge >= 0.3 is 5.97 Å². The maximum atomic E-state index is 13.1. The van der Waals surface area contributed by atoms with Crippen LogP contribution in [0.4, 0.5) is 5.69 Å².